The van der Waals surface area contributed by atoms with Crippen LogP contribution in [0.25, 0.3) is 5.69 Å². The number of aromatic nitrogens is 3. The van der Waals surface area contributed by atoms with Gasteiger partial charge in [0.05, 0.1) is 26.0 Å². The van der Waals surface area contributed by atoms with Crippen LogP contribution in [0.4, 0.5) is 5.95 Å². The first-order valence-corrected chi connectivity index (χ1v) is 6.85. The lowest BCUT2D eigenvalue weighted by Crippen LogP contribution is -2.37. The number of methoxy groups -OCH3 is 1. The van der Waals surface area contributed by atoms with E-state index in [1.807, 2.05) is 28.8 Å². The Morgan fingerprint density at radius 3 is 2.60 bits per heavy atom. The van der Waals surface area contributed by atoms with Gasteiger partial charge in [-0.15, -0.1) is 5.10 Å². The molecule has 1 aliphatic rings. The van der Waals surface area contributed by atoms with Gasteiger partial charge in [0.15, 0.2) is 0 Å². The Morgan fingerprint density at radius 1 is 1.25 bits per heavy atom. The third-order valence-corrected chi connectivity index (χ3v) is 3.55. The highest BCUT2D eigenvalue weighted by molar-refractivity contribution is 7.71. The van der Waals surface area contributed by atoms with Crippen LogP contribution in [-0.4, -0.2) is 48.2 Å². The van der Waals surface area contributed by atoms with Crippen molar-refractivity contribution in [2.45, 2.75) is 0 Å². The Balaban J connectivity index is 1.99. The van der Waals surface area contributed by atoms with Crippen molar-refractivity contribution in [3.63, 3.8) is 0 Å². The maximum absolute atomic E-state index is 5.37. The van der Waals surface area contributed by atoms with Gasteiger partial charge in [0, 0.05) is 13.1 Å². The van der Waals surface area contributed by atoms with Crippen LogP contribution in [0.1, 0.15) is 0 Å². The second-order valence-corrected chi connectivity index (χ2v) is 4.85. The highest BCUT2D eigenvalue weighted by Gasteiger charge is 2.18. The molecule has 3 rings (SSSR count). The van der Waals surface area contributed by atoms with Gasteiger partial charge in [-0.05, 0) is 36.5 Å². The number of nitrogens with zero attached hydrogens (tertiary/aromatic N) is 3. The van der Waals surface area contributed by atoms with E-state index >= 15 is 0 Å². The van der Waals surface area contributed by atoms with E-state index in [0.29, 0.717) is 18.0 Å². The lowest BCUT2D eigenvalue weighted by Gasteiger charge is -2.27. The number of ether oxygens (including phenoxy) is 2. The van der Waals surface area contributed by atoms with Gasteiger partial charge >= 0.3 is 0 Å². The molecule has 2 aromatic rings. The molecule has 7 heteroatoms. The molecule has 0 spiro atoms. The van der Waals surface area contributed by atoms with E-state index in [0.717, 1.165) is 30.5 Å². The molecular weight excluding hydrogens is 276 g/mol. The van der Waals surface area contributed by atoms with Crippen LogP contribution < -0.4 is 9.64 Å². The summed E-state index contributed by atoms with van der Waals surface area (Å²) in [6.45, 7) is 3.05. The Labute approximate surface area is 121 Å². The first kappa shape index (κ1) is 13.1. The van der Waals surface area contributed by atoms with Crippen molar-refractivity contribution in [2.75, 3.05) is 38.3 Å². The van der Waals surface area contributed by atoms with Crippen LogP contribution in [0.2, 0.25) is 0 Å². The van der Waals surface area contributed by atoms with Crippen LogP contribution in [0.5, 0.6) is 5.75 Å². The molecule has 1 aromatic carbocycles. The zero-order valence-electron chi connectivity index (χ0n) is 11.2. The Hall–Kier alpha value is -1.86. The quantitative estimate of drug-likeness (QED) is 0.874. The van der Waals surface area contributed by atoms with E-state index in [4.69, 9.17) is 21.7 Å². The average Bonchev–Trinajstić information content (AvgIpc) is 2.90. The molecule has 0 saturated carbocycles. The minimum Gasteiger partial charge on any atom is -0.497 e. The van der Waals surface area contributed by atoms with Crippen molar-refractivity contribution in [1.29, 1.82) is 0 Å². The summed E-state index contributed by atoms with van der Waals surface area (Å²) in [4.78, 5) is 2.17. The number of nitrogens with one attached hydrogen (secondary N) is 1. The Morgan fingerprint density at radius 2 is 1.95 bits per heavy atom. The number of hydrogen-bond acceptors (Lipinski definition) is 5. The van der Waals surface area contributed by atoms with Crippen molar-refractivity contribution in [3.8, 4) is 11.4 Å². The fourth-order valence-corrected chi connectivity index (χ4v) is 2.46. The summed E-state index contributed by atoms with van der Waals surface area (Å²) in [7, 11) is 1.65. The standard InChI is InChI=1S/C13H16N4O2S/c1-18-11-4-2-10(3-5-11)17-12(14-15-13(17)20)16-6-8-19-9-7-16/h2-5H,6-9H2,1H3,(H,15,20). The molecule has 0 unspecified atom stereocenters. The Kier molecular flexibility index (Phi) is 3.70. The van der Waals surface area contributed by atoms with Crippen molar-refractivity contribution in [3.05, 3.63) is 29.0 Å². The highest BCUT2D eigenvalue weighted by atomic mass is 32.1. The third kappa shape index (κ3) is 2.41. The number of aromatic amines is 1. The minimum absolute atomic E-state index is 0.580. The van der Waals surface area contributed by atoms with Crippen molar-refractivity contribution < 1.29 is 9.47 Å². The van der Waals surface area contributed by atoms with Gasteiger partial charge in [-0.2, -0.15) is 0 Å². The SMILES string of the molecule is COc1ccc(-n2c(N3CCOCC3)n[nH]c2=S)cc1. The topological polar surface area (TPSA) is 55.3 Å². The maximum Gasteiger partial charge on any atom is 0.230 e. The molecule has 0 amide bonds. The molecule has 0 atom stereocenters. The summed E-state index contributed by atoms with van der Waals surface area (Å²) in [6, 6.07) is 7.75. The van der Waals surface area contributed by atoms with Crippen LogP contribution in [0.15, 0.2) is 24.3 Å². The van der Waals surface area contributed by atoms with Gasteiger partial charge in [0.2, 0.25) is 10.7 Å². The predicted octanol–water partition coefficient (Wildman–Crippen LogP) is 1.78. The second-order valence-electron chi connectivity index (χ2n) is 4.46. The van der Waals surface area contributed by atoms with E-state index in [-0.39, 0.29) is 0 Å². The van der Waals surface area contributed by atoms with E-state index < -0.39 is 0 Å². The average molecular weight is 292 g/mol. The van der Waals surface area contributed by atoms with Gasteiger partial charge < -0.3 is 14.4 Å². The molecule has 6 nitrogen and oxygen atoms in total. The van der Waals surface area contributed by atoms with Crippen molar-refractivity contribution in [1.82, 2.24) is 14.8 Å². The molecule has 0 bridgehead atoms. The number of anilines is 1. The first-order chi connectivity index (χ1) is 9.79. The fourth-order valence-electron chi connectivity index (χ4n) is 2.23. The van der Waals surface area contributed by atoms with Gasteiger partial charge in [-0.3, -0.25) is 4.57 Å². The van der Waals surface area contributed by atoms with Crippen LogP contribution in [0, 0.1) is 4.77 Å². The fraction of sp³-hybridized carbons (Fsp3) is 0.385. The van der Waals surface area contributed by atoms with Gasteiger partial charge in [0.1, 0.15) is 5.75 Å². The molecule has 2 heterocycles. The monoisotopic (exact) mass is 292 g/mol. The van der Waals surface area contributed by atoms with E-state index in [1.165, 1.54) is 0 Å². The Bertz CT molecular complexity index is 629. The van der Waals surface area contributed by atoms with Crippen molar-refractivity contribution in [2.24, 2.45) is 0 Å². The van der Waals surface area contributed by atoms with E-state index in [2.05, 4.69) is 15.1 Å². The predicted molar refractivity (Wildman–Crippen MR) is 78.3 cm³/mol. The molecular formula is C13H16N4O2S. The summed E-state index contributed by atoms with van der Waals surface area (Å²) < 4.78 is 13.1. The van der Waals surface area contributed by atoms with E-state index in [9.17, 15) is 0 Å². The molecule has 1 N–H and O–H groups in total. The third-order valence-electron chi connectivity index (χ3n) is 3.28. The number of benzene rings is 1. The largest absolute Gasteiger partial charge is 0.497 e. The lowest BCUT2D eigenvalue weighted by molar-refractivity contribution is 0.122. The molecule has 0 radical (unpaired) electrons. The molecule has 0 aliphatic carbocycles. The molecule has 1 aliphatic heterocycles. The van der Waals surface area contributed by atoms with Crippen molar-refractivity contribution >= 4 is 18.2 Å². The molecule has 106 valence electrons. The number of hydrogen-bond donors (Lipinski definition) is 1. The van der Waals surface area contributed by atoms with Crippen LogP contribution >= 0.6 is 12.2 Å². The molecule has 20 heavy (non-hydrogen) atoms. The normalized spacial score (nSPS) is 15.3. The summed E-state index contributed by atoms with van der Waals surface area (Å²) in [5, 5.41) is 7.21. The first-order valence-electron chi connectivity index (χ1n) is 6.44. The van der Waals surface area contributed by atoms with Gasteiger partial charge in [-0.1, -0.05) is 0 Å². The lowest BCUT2D eigenvalue weighted by atomic mass is 10.3. The smallest absolute Gasteiger partial charge is 0.230 e. The molecule has 1 aromatic heterocycles. The summed E-state index contributed by atoms with van der Waals surface area (Å²) in [5.41, 5.74) is 0.964. The molecule has 1 saturated heterocycles. The number of rotatable bonds is 3. The zero-order chi connectivity index (χ0) is 13.9. The zero-order valence-corrected chi connectivity index (χ0v) is 12.0. The summed E-state index contributed by atoms with van der Waals surface area (Å²) in [5.74, 6) is 1.64. The number of morpholine rings is 1. The van der Waals surface area contributed by atoms with Crippen LogP contribution in [-0.2, 0) is 4.74 Å². The second kappa shape index (κ2) is 5.64. The van der Waals surface area contributed by atoms with Gasteiger partial charge in [-0.25, -0.2) is 5.10 Å². The summed E-state index contributed by atoms with van der Waals surface area (Å²) >= 11 is 5.34. The highest BCUT2D eigenvalue weighted by Crippen LogP contribution is 2.21. The molecule has 1 fully saturated rings. The minimum atomic E-state index is 0.580. The van der Waals surface area contributed by atoms with E-state index in [1.54, 1.807) is 7.11 Å². The summed E-state index contributed by atoms with van der Waals surface area (Å²) in [6.07, 6.45) is 0. The van der Waals surface area contributed by atoms with Gasteiger partial charge in [0.25, 0.3) is 0 Å². The number of H-pyrrole nitrogens is 1. The maximum atomic E-state index is 5.37. The van der Waals surface area contributed by atoms with Crippen LogP contribution in [0.3, 0.4) is 0 Å².